The highest BCUT2D eigenvalue weighted by Gasteiger charge is 2.26. The predicted octanol–water partition coefficient (Wildman–Crippen LogP) is 1.91. The van der Waals surface area contributed by atoms with Gasteiger partial charge in [0.1, 0.15) is 0 Å². The molecule has 124 valence electrons. The molecule has 5 heteroatoms. The molecule has 5 nitrogen and oxygen atoms in total. The van der Waals surface area contributed by atoms with Crippen LogP contribution in [0.5, 0.6) is 0 Å². The normalized spacial score (nSPS) is 13.0. The van der Waals surface area contributed by atoms with Gasteiger partial charge in [-0.25, -0.2) is 0 Å². The molecule has 0 atom stereocenters. The number of rotatable bonds is 6. The molecule has 0 fully saturated rings. The Hall–Kier alpha value is -2.82. The molecule has 0 radical (unpaired) electrons. The third-order valence-corrected chi connectivity index (χ3v) is 4.26. The number of nitrogen functional groups attached to an aromatic ring is 1. The van der Waals surface area contributed by atoms with Crippen molar-refractivity contribution in [1.29, 1.82) is 0 Å². The topological polar surface area (TPSA) is 75.4 Å². The van der Waals surface area contributed by atoms with Gasteiger partial charge in [-0.05, 0) is 29.7 Å². The highest BCUT2D eigenvalue weighted by Crippen LogP contribution is 2.27. The van der Waals surface area contributed by atoms with E-state index in [9.17, 15) is 9.59 Å². The van der Waals surface area contributed by atoms with E-state index >= 15 is 0 Å². The number of hydrogen-bond acceptors (Lipinski definition) is 3. The van der Waals surface area contributed by atoms with Crippen molar-refractivity contribution in [3.63, 3.8) is 0 Å². The summed E-state index contributed by atoms with van der Waals surface area (Å²) in [5.74, 6) is 0.0562. The van der Waals surface area contributed by atoms with Crippen LogP contribution in [0.3, 0.4) is 0 Å². The molecule has 0 saturated heterocycles. The molecular weight excluding hydrogens is 302 g/mol. The second-order valence-electron chi connectivity index (χ2n) is 5.90. The Morgan fingerprint density at radius 1 is 1.12 bits per heavy atom. The van der Waals surface area contributed by atoms with Gasteiger partial charge in [0.2, 0.25) is 11.8 Å². The minimum Gasteiger partial charge on any atom is -0.399 e. The number of amides is 2. The Morgan fingerprint density at radius 3 is 2.71 bits per heavy atom. The van der Waals surface area contributed by atoms with Crippen LogP contribution >= 0.6 is 0 Å². The van der Waals surface area contributed by atoms with Gasteiger partial charge in [-0.15, -0.1) is 0 Å². The number of nitrogens with two attached hydrogens (primary N) is 1. The molecule has 2 amide bonds. The molecule has 0 spiro atoms. The van der Waals surface area contributed by atoms with Crippen molar-refractivity contribution in [1.82, 2.24) is 5.32 Å². The maximum atomic E-state index is 12.1. The van der Waals surface area contributed by atoms with Crippen LogP contribution in [-0.2, 0) is 22.4 Å². The quantitative estimate of drug-likeness (QED) is 0.797. The molecule has 2 aromatic carbocycles. The Balaban J connectivity index is 1.46. The summed E-state index contributed by atoms with van der Waals surface area (Å²) in [7, 11) is 0. The van der Waals surface area contributed by atoms with Gasteiger partial charge in [0, 0.05) is 30.9 Å². The summed E-state index contributed by atoms with van der Waals surface area (Å²) in [6.07, 6.45) is 1.44. The van der Waals surface area contributed by atoms with E-state index in [0.29, 0.717) is 38.0 Å². The zero-order valence-electron chi connectivity index (χ0n) is 13.5. The number of nitrogens with one attached hydrogen (secondary N) is 1. The number of hydrogen-bond donors (Lipinski definition) is 2. The maximum Gasteiger partial charge on any atom is 0.231 e. The first-order valence-corrected chi connectivity index (χ1v) is 8.13. The summed E-state index contributed by atoms with van der Waals surface area (Å²) in [6.45, 7) is 0.943. The van der Waals surface area contributed by atoms with Crippen LogP contribution < -0.4 is 16.0 Å². The zero-order chi connectivity index (χ0) is 16.9. The highest BCUT2D eigenvalue weighted by atomic mass is 16.2. The monoisotopic (exact) mass is 323 g/mol. The highest BCUT2D eigenvalue weighted by molar-refractivity contribution is 6.01. The van der Waals surface area contributed by atoms with Crippen molar-refractivity contribution < 1.29 is 9.59 Å². The average molecular weight is 323 g/mol. The molecule has 0 unspecified atom stereocenters. The number of para-hydroxylation sites is 2. The maximum absolute atomic E-state index is 12.1. The molecule has 0 aliphatic carbocycles. The van der Waals surface area contributed by atoms with E-state index in [1.165, 1.54) is 0 Å². The van der Waals surface area contributed by atoms with Crippen molar-refractivity contribution in [3.05, 3.63) is 59.7 Å². The van der Waals surface area contributed by atoms with Crippen LogP contribution in [0, 0.1) is 0 Å². The van der Waals surface area contributed by atoms with E-state index in [1.807, 2.05) is 48.5 Å². The minimum absolute atomic E-state index is 0.0295. The first-order valence-electron chi connectivity index (χ1n) is 8.13. The molecule has 2 aromatic rings. The van der Waals surface area contributed by atoms with Gasteiger partial charge in [-0.2, -0.15) is 0 Å². The number of benzene rings is 2. The van der Waals surface area contributed by atoms with Crippen molar-refractivity contribution >= 4 is 23.2 Å². The fraction of sp³-hybridized carbons (Fsp3) is 0.263. The van der Waals surface area contributed by atoms with Gasteiger partial charge >= 0.3 is 0 Å². The Kier molecular flexibility index (Phi) is 4.79. The lowest BCUT2D eigenvalue weighted by atomic mass is 10.1. The summed E-state index contributed by atoms with van der Waals surface area (Å²) < 4.78 is 0. The summed E-state index contributed by atoms with van der Waals surface area (Å²) in [5, 5.41) is 2.88. The van der Waals surface area contributed by atoms with Crippen molar-refractivity contribution in [2.45, 2.75) is 19.3 Å². The van der Waals surface area contributed by atoms with Crippen LogP contribution in [0.25, 0.3) is 0 Å². The lowest BCUT2D eigenvalue weighted by Crippen LogP contribution is -2.36. The second kappa shape index (κ2) is 7.17. The first-order chi connectivity index (χ1) is 11.6. The van der Waals surface area contributed by atoms with Crippen molar-refractivity contribution in [2.24, 2.45) is 0 Å². The minimum atomic E-state index is -0.0295. The summed E-state index contributed by atoms with van der Waals surface area (Å²) in [4.78, 5) is 25.8. The number of nitrogens with zero attached hydrogens (tertiary/aromatic N) is 1. The van der Waals surface area contributed by atoms with Gasteiger partial charge in [0.05, 0.1) is 6.42 Å². The summed E-state index contributed by atoms with van der Waals surface area (Å²) in [5.41, 5.74) is 9.57. The molecule has 1 aliphatic rings. The van der Waals surface area contributed by atoms with E-state index in [4.69, 9.17) is 5.73 Å². The molecule has 0 bridgehead atoms. The lowest BCUT2D eigenvalue weighted by molar-refractivity contribution is -0.121. The molecule has 1 aliphatic heterocycles. The molecule has 0 saturated carbocycles. The smallest absolute Gasteiger partial charge is 0.231 e. The standard InChI is InChI=1S/C19H21N3O2/c20-16-7-3-1-5-14(16)9-10-18(23)21-11-12-22-17-8-4-2-6-15(17)13-19(22)24/h1-8H,9-13,20H2,(H,21,23). The van der Waals surface area contributed by atoms with Crippen LogP contribution in [0.2, 0.25) is 0 Å². The van der Waals surface area contributed by atoms with E-state index in [0.717, 1.165) is 16.8 Å². The van der Waals surface area contributed by atoms with Gasteiger partial charge in [0.15, 0.2) is 0 Å². The van der Waals surface area contributed by atoms with Gasteiger partial charge in [0.25, 0.3) is 0 Å². The van der Waals surface area contributed by atoms with E-state index < -0.39 is 0 Å². The van der Waals surface area contributed by atoms with E-state index in [-0.39, 0.29) is 11.8 Å². The first kappa shape index (κ1) is 16.1. The van der Waals surface area contributed by atoms with Gasteiger partial charge in [-0.1, -0.05) is 36.4 Å². The average Bonchev–Trinajstić information content (AvgIpc) is 2.90. The molecule has 1 heterocycles. The zero-order valence-corrected chi connectivity index (χ0v) is 13.5. The van der Waals surface area contributed by atoms with Crippen LogP contribution in [0.1, 0.15) is 17.5 Å². The molecule has 0 aromatic heterocycles. The van der Waals surface area contributed by atoms with Crippen LogP contribution in [0.4, 0.5) is 11.4 Å². The van der Waals surface area contributed by atoms with E-state index in [2.05, 4.69) is 5.32 Å². The molecule has 24 heavy (non-hydrogen) atoms. The van der Waals surface area contributed by atoms with Crippen LogP contribution in [-0.4, -0.2) is 24.9 Å². The van der Waals surface area contributed by atoms with Crippen molar-refractivity contribution in [2.75, 3.05) is 23.7 Å². The third-order valence-electron chi connectivity index (χ3n) is 4.26. The second-order valence-corrected chi connectivity index (χ2v) is 5.90. The Morgan fingerprint density at radius 2 is 1.88 bits per heavy atom. The van der Waals surface area contributed by atoms with E-state index in [1.54, 1.807) is 4.90 Å². The number of fused-ring (bicyclic) bond motifs is 1. The lowest BCUT2D eigenvalue weighted by Gasteiger charge is -2.17. The predicted molar refractivity (Wildman–Crippen MR) is 94.7 cm³/mol. The molecule has 3 N–H and O–H groups in total. The largest absolute Gasteiger partial charge is 0.399 e. The summed E-state index contributed by atoms with van der Waals surface area (Å²) >= 11 is 0. The fourth-order valence-corrected chi connectivity index (χ4v) is 2.97. The molecule has 3 rings (SSSR count). The third kappa shape index (κ3) is 3.56. The van der Waals surface area contributed by atoms with Crippen molar-refractivity contribution in [3.8, 4) is 0 Å². The number of carbonyl (C=O) groups is 2. The number of anilines is 2. The Labute approximate surface area is 141 Å². The van der Waals surface area contributed by atoms with Crippen LogP contribution in [0.15, 0.2) is 48.5 Å². The number of aryl methyl sites for hydroxylation is 1. The SMILES string of the molecule is Nc1ccccc1CCC(=O)NCCN1C(=O)Cc2ccccc21. The number of carbonyl (C=O) groups excluding carboxylic acids is 2. The van der Waals surface area contributed by atoms with Gasteiger partial charge < -0.3 is 16.0 Å². The fourth-order valence-electron chi connectivity index (χ4n) is 2.97. The van der Waals surface area contributed by atoms with Gasteiger partial charge in [-0.3, -0.25) is 9.59 Å². The summed E-state index contributed by atoms with van der Waals surface area (Å²) in [6, 6.07) is 15.3. The Bertz CT molecular complexity index is 758. The molecular formula is C19H21N3O2.